The molecule has 1 atom stereocenters. The lowest BCUT2D eigenvalue weighted by Gasteiger charge is -2.05. The van der Waals surface area contributed by atoms with Crippen LogP contribution in [0.1, 0.15) is 13.2 Å². The number of hydrogen-bond acceptors (Lipinski definition) is 5. The predicted octanol–water partition coefficient (Wildman–Crippen LogP) is 1.37. The number of aromatic hydroxyl groups is 1. The van der Waals surface area contributed by atoms with Crippen LogP contribution in [-0.4, -0.2) is 22.0 Å². The maximum atomic E-state index is 11.5. The van der Waals surface area contributed by atoms with Crippen LogP contribution >= 0.6 is 0 Å². The second kappa shape index (κ2) is 4.42. The molecule has 1 aromatic carbocycles. The molecular formula is C11H12N2O4. The van der Waals surface area contributed by atoms with E-state index in [-0.39, 0.29) is 11.6 Å². The third-order valence-electron chi connectivity index (χ3n) is 2.37. The number of hydrogen-bond donors (Lipinski definition) is 1. The number of phenolic OH excluding ortho intramolecular Hbond substituents is 1. The lowest BCUT2D eigenvalue weighted by atomic mass is 10.2. The summed E-state index contributed by atoms with van der Waals surface area (Å²) >= 11 is 0. The van der Waals surface area contributed by atoms with E-state index in [1.807, 2.05) is 0 Å². The summed E-state index contributed by atoms with van der Waals surface area (Å²) in [5.74, 6) is -0.248. The molecule has 2 rings (SSSR count). The molecule has 6 heteroatoms. The molecule has 0 bridgehead atoms. The molecule has 1 heterocycles. The minimum absolute atomic E-state index is 0.140. The van der Waals surface area contributed by atoms with Gasteiger partial charge in [-0.15, -0.1) is 5.10 Å². The highest BCUT2D eigenvalue weighted by molar-refractivity contribution is 5.53. The van der Waals surface area contributed by atoms with Crippen molar-refractivity contribution in [2.45, 2.75) is 13.2 Å². The first kappa shape index (κ1) is 11.4. The van der Waals surface area contributed by atoms with Crippen LogP contribution < -0.4 is 5.76 Å². The zero-order valence-corrected chi connectivity index (χ0v) is 9.45. The van der Waals surface area contributed by atoms with Crippen LogP contribution in [-0.2, 0) is 4.74 Å². The number of rotatable bonds is 3. The highest BCUT2D eigenvalue weighted by Gasteiger charge is 2.14. The Balaban J connectivity index is 2.41. The van der Waals surface area contributed by atoms with Gasteiger partial charge in [0, 0.05) is 12.7 Å². The Morgan fingerprint density at radius 2 is 2.06 bits per heavy atom. The van der Waals surface area contributed by atoms with Gasteiger partial charge in [0.2, 0.25) is 5.89 Å². The van der Waals surface area contributed by atoms with E-state index in [0.29, 0.717) is 5.56 Å². The van der Waals surface area contributed by atoms with Gasteiger partial charge in [-0.1, -0.05) is 0 Å². The maximum absolute atomic E-state index is 11.5. The highest BCUT2D eigenvalue weighted by Crippen LogP contribution is 2.19. The Labute approximate surface area is 97.1 Å². The monoisotopic (exact) mass is 236 g/mol. The fourth-order valence-corrected chi connectivity index (χ4v) is 1.34. The Morgan fingerprint density at radius 3 is 2.65 bits per heavy atom. The zero-order valence-electron chi connectivity index (χ0n) is 9.45. The molecule has 0 amide bonds. The summed E-state index contributed by atoms with van der Waals surface area (Å²) in [7, 11) is 1.48. The predicted molar refractivity (Wildman–Crippen MR) is 59.6 cm³/mol. The molecule has 90 valence electrons. The first-order valence-electron chi connectivity index (χ1n) is 5.03. The average molecular weight is 236 g/mol. The van der Waals surface area contributed by atoms with E-state index in [2.05, 4.69) is 5.10 Å². The number of methoxy groups -OCH3 is 1. The number of benzene rings is 1. The number of ether oxygens (including phenoxy) is 1. The molecule has 0 saturated heterocycles. The third-order valence-corrected chi connectivity index (χ3v) is 2.37. The van der Waals surface area contributed by atoms with Gasteiger partial charge in [-0.25, -0.2) is 4.79 Å². The largest absolute Gasteiger partial charge is 0.508 e. The lowest BCUT2D eigenvalue weighted by Crippen LogP contribution is -2.20. The molecule has 1 N–H and O–H groups in total. The number of aromatic nitrogens is 2. The minimum Gasteiger partial charge on any atom is -0.508 e. The highest BCUT2D eigenvalue weighted by atomic mass is 16.5. The van der Waals surface area contributed by atoms with Crippen molar-refractivity contribution in [3.63, 3.8) is 0 Å². The van der Waals surface area contributed by atoms with E-state index in [1.54, 1.807) is 19.1 Å². The van der Waals surface area contributed by atoms with Crippen molar-refractivity contribution in [2.75, 3.05) is 7.11 Å². The van der Waals surface area contributed by atoms with Crippen LogP contribution in [0.4, 0.5) is 0 Å². The van der Waals surface area contributed by atoms with E-state index in [1.165, 1.54) is 19.2 Å². The van der Waals surface area contributed by atoms with Gasteiger partial charge in [-0.3, -0.25) is 0 Å². The summed E-state index contributed by atoms with van der Waals surface area (Å²) in [4.78, 5) is 11.5. The summed E-state index contributed by atoms with van der Waals surface area (Å²) in [5, 5.41) is 13.2. The van der Waals surface area contributed by atoms with E-state index in [0.717, 1.165) is 4.68 Å². The van der Waals surface area contributed by atoms with Crippen molar-refractivity contribution in [2.24, 2.45) is 0 Å². The molecule has 0 fully saturated rings. The van der Waals surface area contributed by atoms with Crippen LogP contribution in [0.5, 0.6) is 5.75 Å². The SMILES string of the molecule is COC(C)n1nc(-c2ccc(O)cc2)oc1=O. The van der Waals surface area contributed by atoms with Crippen LogP contribution in [0.3, 0.4) is 0 Å². The van der Waals surface area contributed by atoms with E-state index >= 15 is 0 Å². The minimum atomic E-state index is -0.581. The van der Waals surface area contributed by atoms with Gasteiger partial charge in [0.1, 0.15) is 5.75 Å². The second-order valence-corrected chi connectivity index (χ2v) is 3.50. The van der Waals surface area contributed by atoms with E-state index in [9.17, 15) is 4.79 Å². The number of phenols is 1. The summed E-state index contributed by atoms with van der Waals surface area (Å²) in [5.41, 5.74) is 0.613. The van der Waals surface area contributed by atoms with Gasteiger partial charge in [-0.05, 0) is 31.2 Å². The third kappa shape index (κ3) is 2.21. The molecule has 0 aliphatic heterocycles. The van der Waals surface area contributed by atoms with E-state index < -0.39 is 12.0 Å². The van der Waals surface area contributed by atoms with Crippen molar-refractivity contribution in [3.8, 4) is 17.2 Å². The molecule has 1 aromatic heterocycles. The van der Waals surface area contributed by atoms with Gasteiger partial charge in [0.15, 0.2) is 6.23 Å². The Bertz CT molecular complexity index is 556. The first-order chi connectivity index (χ1) is 8.11. The zero-order chi connectivity index (χ0) is 12.4. The molecule has 1 unspecified atom stereocenters. The normalized spacial score (nSPS) is 12.6. The van der Waals surface area contributed by atoms with Gasteiger partial charge in [-0.2, -0.15) is 4.68 Å². The van der Waals surface area contributed by atoms with Crippen LogP contribution in [0.2, 0.25) is 0 Å². The van der Waals surface area contributed by atoms with Gasteiger partial charge in [0.25, 0.3) is 0 Å². The van der Waals surface area contributed by atoms with Crippen molar-refractivity contribution in [1.82, 2.24) is 9.78 Å². The second-order valence-electron chi connectivity index (χ2n) is 3.50. The molecule has 0 aliphatic carbocycles. The molecule has 2 aromatic rings. The van der Waals surface area contributed by atoms with Crippen molar-refractivity contribution in [3.05, 3.63) is 34.8 Å². The van der Waals surface area contributed by atoms with Gasteiger partial charge < -0.3 is 14.3 Å². The molecule has 17 heavy (non-hydrogen) atoms. The molecule has 0 saturated carbocycles. The summed E-state index contributed by atoms with van der Waals surface area (Å²) < 4.78 is 11.1. The van der Waals surface area contributed by atoms with Gasteiger partial charge in [0.05, 0.1) is 0 Å². The van der Waals surface area contributed by atoms with Crippen LogP contribution in [0, 0.1) is 0 Å². The van der Waals surface area contributed by atoms with Crippen molar-refractivity contribution in [1.29, 1.82) is 0 Å². The Morgan fingerprint density at radius 1 is 1.41 bits per heavy atom. The smallest absolute Gasteiger partial charge is 0.439 e. The number of nitrogens with zero attached hydrogens (tertiary/aromatic N) is 2. The topological polar surface area (TPSA) is 77.5 Å². The summed E-state index contributed by atoms with van der Waals surface area (Å²) in [6, 6.07) is 6.22. The molecular weight excluding hydrogens is 224 g/mol. The summed E-state index contributed by atoms with van der Waals surface area (Å²) in [6.07, 6.45) is -0.489. The Hall–Kier alpha value is -2.08. The van der Waals surface area contributed by atoms with Crippen molar-refractivity contribution < 1.29 is 14.3 Å². The van der Waals surface area contributed by atoms with Gasteiger partial charge >= 0.3 is 5.76 Å². The first-order valence-corrected chi connectivity index (χ1v) is 5.03. The lowest BCUT2D eigenvalue weighted by molar-refractivity contribution is 0.0448. The van der Waals surface area contributed by atoms with Crippen LogP contribution in [0.15, 0.2) is 33.5 Å². The Kier molecular flexibility index (Phi) is 2.97. The molecule has 0 spiro atoms. The van der Waals surface area contributed by atoms with Crippen LogP contribution in [0.25, 0.3) is 11.5 Å². The molecule has 0 aliphatic rings. The average Bonchev–Trinajstić information content (AvgIpc) is 2.71. The fourth-order valence-electron chi connectivity index (χ4n) is 1.34. The standard InChI is InChI=1S/C11H12N2O4/c1-7(16-2)13-11(15)17-10(12-13)8-3-5-9(14)6-4-8/h3-7,14H,1-2H3. The van der Waals surface area contributed by atoms with Crippen molar-refractivity contribution >= 4 is 0 Å². The van der Waals surface area contributed by atoms with E-state index in [4.69, 9.17) is 14.3 Å². The quantitative estimate of drug-likeness (QED) is 0.870. The molecule has 6 nitrogen and oxygen atoms in total. The fraction of sp³-hybridized carbons (Fsp3) is 0.273. The maximum Gasteiger partial charge on any atom is 0.439 e. The molecule has 0 radical (unpaired) electrons. The summed E-state index contributed by atoms with van der Waals surface area (Å²) in [6.45, 7) is 1.69.